The van der Waals surface area contributed by atoms with Crippen LogP contribution in [0.1, 0.15) is 30.3 Å². The standard InChI is InChI=1S/C18H21N5O3/c1-12(24)19-13-5-7-16(26-2)15(11-13)20-18(25)14-6-8-17(22-21-14)23-9-3-4-10-23/h5-8,11H,3-4,9-10H2,1-2H3,(H,19,24)(H,20,25). The highest BCUT2D eigenvalue weighted by atomic mass is 16.5. The van der Waals surface area contributed by atoms with Gasteiger partial charge in [0, 0.05) is 25.7 Å². The zero-order chi connectivity index (χ0) is 18.5. The van der Waals surface area contributed by atoms with Crippen molar-refractivity contribution in [3.8, 4) is 5.75 Å². The first-order valence-electron chi connectivity index (χ1n) is 8.42. The molecule has 2 N–H and O–H groups in total. The first-order chi connectivity index (χ1) is 12.6. The van der Waals surface area contributed by atoms with Crippen molar-refractivity contribution in [2.45, 2.75) is 19.8 Å². The SMILES string of the molecule is COc1ccc(NC(C)=O)cc1NC(=O)c1ccc(N2CCCC2)nn1. The van der Waals surface area contributed by atoms with Gasteiger partial charge in [0.1, 0.15) is 5.75 Å². The van der Waals surface area contributed by atoms with Gasteiger partial charge in [-0.05, 0) is 43.2 Å². The molecule has 26 heavy (non-hydrogen) atoms. The third kappa shape index (κ3) is 4.08. The summed E-state index contributed by atoms with van der Waals surface area (Å²) in [5.41, 5.74) is 1.21. The molecule has 0 atom stereocenters. The smallest absolute Gasteiger partial charge is 0.276 e. The quantitative estimate of drug-likeness (QED) is 0.854. The van der Waals surface area contributed by atoms with Gasteiger partial charge < -0.3 is 20.3 Å². The lowest BCUT2D eigenvalue weighted by atomic mass is 10.2. The minimum absolute atomic E-state index is 0.198. The van der Waals surface area contributed by atoms with Crippen LogP contribution in [0, 0.1) is 0 Å². The lowest BCUT2D eigenvalue weighted by Gasteiger charge is -2.15. The van der Waals surface area contributed by atoms with E-state index in [9.17, 15) is 9.59 Å². The van der Waals surface area contributed by atoms with E-state index in [1.165, 1.54) is 14.0 Å². The number of anilines is 3. The Hall–Kier alpha value is -3.16. The lowest BCUT2D eigenvalue weighted by molar-refractivity contribution is -0.114. The fourth-order valence-corrected chi connectivity index (χ4v) is 2.83. The van der Waals surface area contributed by atoms with E-state index in [1.807, 2.05) is 0 Å². The van der Waals surface area contributed by atoms with E-state index in [4.69, 9.17) is 4.74 Å². The van der Waals surface area contributed by atoms with Crippen LogP contribution >= 0.6 is 0 Å². The number of hydrogen-bond acceptors (Lipinski definition) is 6. The number of benzene rings is 1. The van der Waals surface area contributed by atoms with Gasteiger partial charge in [0.05, 0.1) is 12.8 Å². The van der Waals surface area contributed by atoms with Crippen molar-refractivity contribution in [2.75, 3.05) is 35.7 Å². The van der Waals surface area contributed by atoms with Crippen molar-refractivity contribution in [3.63, 3.8) is 0 Å². The predicted octanol–water partition coefficient (Wildman–Crippen LogP) is 2.30. The molecule has 1 aromatic heterocycles. The van der Waals surface area contributed by atoms with Crippen LogP contribution in [0.3, 0.4) is 0 Å². The molecule has 0 radical (unpaired) electrons. The Kier molecular flexibility index (Phi) is 5.31. The molecule has 3 rings (SSSR count). The second-order valence-corrected chi connectivity index (χ2v) is 6.02. The van der Waals surface area contributed by atoms with Crippen LogP contribution in [-0.2, 0) is 4.79 Å². The van der Waals surface area contributed by atoms with Crippen LogP contribution < -0.4 is 20.3 Å². The second-order valence-electron chi connectivity index (χ2n) is 6.02. The normalized spacial score (nSPS) is 13.4. The van der Waals surface area contributed by atoms with Gasteiger partial charge in [-0.2, -0.15) is 0 Å². The van der Waals surface area contributed by atoms with Crippen LogP contribution in [0.5, 0.6) is 5.75 Å². The number of aromatic nitrogens is 2. The molecular weight excluding hydrogens is 334 g/mol. The van der Waals surface area contributed by atoms with Gasteiger partial charge in [-0.1, -0.05) is 0 Å². The molecule has 0 bridgehead atoms. The predicted molar refractivity (Wildman–Crippen MR) is 98.7 cm³/mol. The Morgan fingerprint density at radius 2 is 1.85 bits per heavy atom. The number of carbonyl (C=O) groups is 2. The van der Waals surface area contributed by atoms with Crippen molar-refractivity contribution in [3.05, 3.63) is 36.0 Å². The van der Waals surface area contributed by atoms with Gasteiger partial charge in [-0.25, -0.2) is 0 Å². The molecule has 0 spiro atoms. The van der Waals surface area contributed by atoms with E-state index in [0.29, 0.717) is 17.1 Å². The molecular formula is C18H21N5O3. The minimum atomic E-state index is -0.399. The van der Waals surface area contributed by atoms with Crippen LogP contribution in [0.25, 0.3) is 0 Å². The Balaban J connectivity index is 1.75. The number of rotatable bonds is 5. The van der Waals surface area contributed by atoms with Crippen molar-refractivity contribution < 1.29 is 14.3 Å². The zero-order valence-corrected chi connectivity index (χ0v) is 14.8. The van der Waals surface area contributed by atoms with Gasteiger partial charge in [-0.15, -0.1) is 10.2 Å². The number of amides is 2. The summed E-state index contributed by atoms with van der Waals surface area (Å²) in [6.45, 7) is 3.35. The van der Waals surface area contributed by atoms with Crippen LogP contribution in [0.15, 0.2) is 30.3 Å². The molecule has 8 nitrogen and oxygen atoms in total. The Morgan fingerprint density at radius 1 is 1.08 bits per heavy atom. The fraction of sp³-hybridized carbons (Fsp3) is 0.333. The maximum Gasteiger partial charge on any atom is 0.276 e. The number of ether oxygens (including phenoxy) is 1. The molecule has 0 saturated carbocycles. The Bertz CT molecular complexity index is 801. The topological polar surface area (TPSA) is 96.5 Å². The Labute approximate surface area is 151 Å². The highest BCUT2D eigenvalue weighted by Gasteiger charge is 2.16. The first kappa shape index (κ1) is 17.7. The monoisotopic (exact) mass is 355 g/mol. The molecule has 2 amide bonds. The van der Waals surface area contributed by atoms with E-state index in [-0.39, 0.29) is 11.6 Å². The van der Waals surface area contributed by atoms with Crippen molar-refractivity contribution in [1.82, 2.24) is 10.2 Å². The van der Waals surface area contributed by atoms with E-state index >= 15 is 0 Å². The molecule has 1 aromatic carbocycles. The van der Waals surface area contributed by atoms with Gasteiger partial charge in [0.25, 0.3) is 5.91 Å². The summed E-state index contributed by atoms with van der Waals surface area (Å²) in [6.07, 6.45) is 2.29. The average molecular weight is 355 g/mol. The number of hydrogen-bond donors (Lipinski definition) is 2. The second kappa shape index (κ2) is 7.81. The molecule has 8 heteroatoms. The summed E-state index contributed by atoms with van der Waals surface area (Å²) in [5.74, 6) is 0.665. The third-order valence-electron chi connectivity index (χ3n) is 4.08. The van der Waals surface area contributed by atoms with E-state index in [2.05, 4.69) is 25.7 Å². The largest absolute Gasteiger partial charge is 0.495 e. The van der Waals surface area contributed by atoms with Gasteiger partial charge in [0.15, 0.2) is 11.5 Å². The summed E-state index contributed by atoms with van der Waals surface area (Å²) in [6, 6.07) is 8.45. The molecule has 136 valence electrons. The molecule has 1 aliphatic rings. The van der Waals surface area contributed by atoms with Crippen LogP contribution in [-0.4, -0.2) is 42.2 Å². The number of nitrogens with zero attached hydrogens (tertiary/aromatic N) is 3. The molecule has 1 saturated heterocycles. The van der Waals surface area contributed by atoms with E-state index in [0.717, 1.165) is 31.7 Å². The summed E-state index contributed by atoms with van der Waals surface area (Å²) < 4.78 is 5.26. The molecule has 0 unspecified atom stereocenters. The minimum Gasteiger partial charge on any atom is -0.495 e. The number of carbonyl (C=O) groups excluding carboxylic acids is 2. The van der Waals surface area contributed by atoms with Gasteiger partial charge in [-0.3, -0.25) is 9.59 Å². The lowest BCUT2D eigenvalue weighted by Crippen LogP contribution is -2.21. The van der Waals surface area contributed by atoms with Crippen LogP contribution in [0.4, 0.5) is 17.2 Å². The maximum absolute atomic E-state index is 12.5. The van der Waals surface area contributed by atoms with Crippen molar-refractivity contribution in [2.24, 2.45) is 0 Å². The number of nitrogens with one attached hydrogen (secondary N) is 2. The molecule has 2 heterocycles. The average Bonchev–Trinajstić information content (AvgIpc) is 3.16. The molecule has 1 aliphatic heterocycles. The maximum atomic E-state index is 12.5. The third-order valence-corrected chi connectivity index (χ3v) is 4.08. The Morgan fingerprint density at radius 3 is 2.46 bits per heavy atom. The van der Waals surface area contributed by atoms with Gasteiger partial charge in [0.2, 0.25) is 5.91 Å². The molecule has 1 fully saturated rings. The molecule has 0 aliphatic carbocycles. The highest BCUT2D eigenvalue weighted by molar-refractivity contribution is 6.04. The fourth-order valence-electron chi connectivity index (χ4n) is 2.83. The van der Waals surface area contributed by atoms with E-state index < -0.39 is 5.91 Å². The molecule has 2 aromatic rings. The first-order valence-corrected chi connectivity index (χ1v) is 8.42. The summed E-state index contributed by atoms with van der Waals surface area (Å²) in [7, 11) is 1.51. The number of methoxy groups -OCH3 is 1. The summed E-state index contributed by atoms with van der Waals surface area (Å²) >= 11 is 0. The van der Waals surface area contributed by atoms with E-state index in [1.54, 1.807) is 30.3 Å². The van der Waals surface area contributed by atoms with Crippen LogP contribution in [0.2, 0.25) is 0 Å². The van der Waals surface area contributed by atoms with Crippen molar-refractivity contribution >= 4 is 29.0 Å². The summed E-state index contributed by atoms with van der Waals surface area (Å²) in [5, 5.41) is 13.6. The zero-order valence-electron chi connectivity index (χ0n) is 14.8. The summed E-state index contributed by atoms with van der Waals surface area (Å²) in [4.78, 5) is 25.8. The van der Waals surface area contributed by atoms with Gasteiger partial charge >= 0.3 is 0 Å². The highest BCUT2D eigenvalue weighted by Crippen LogP contribution is 2.28. The van der Waals surface area contributed by atoms with Crippen molar-refractivity contribution in [1.29, 1.82) is 0 Å².